The van der Waals surface area contributed by atoms with E-state index in [1.54, 1.807) is 6.92 Å². The Morgan fingerprint density at radius 3 is 0.908 bits per heavy atom. The first kappa shape index (κ1) is 113. The topological polar surface area (TPSA) is 319 Å². The van der Waals surface area contributed by atoms with E-state index in [4.69, 9.17) is 37.7 Å². The highest BCUT2D eigenvalue weighted by molar-refractivity contribution is 7.46. The van der Waals surface area contributed by atoms with Crippen LogP contribution in [0.1, 0.15) is 492 Å². The zero-order chi connectivity index (χ0) is 87.7. The standard InChI is InChI=1S/C97H183N2O20P/c1-8-14-20-26-32-38-41-47-53-59-65-71-87(103)114-80(68-62-56-50-44-35-29-23-17-11-4)74-85(101)98-91-79(7)113-84(93(107)94(91)108)78-112-97-92(99-86(102)75-81(69-63-57-51-45-36-30-24-18-12-5)115-88(104)72-66-60-54-48-42-39-33-27-21-15-9-2)96(95(83(77-100)117-97)119-120(109,110)111)118-90(106)76-82(70-64-58-52-46-37-31-25-19-13-6)116-89(105)73-67-61-55-49-43-40-34-28-22-16-10-3/h79-84,91-97,100,107-108H,8-78H2,1-7H3,(H,98,101)(H,99,102)(H2,109,110,111)/t79?,80-,81-,82-,83?,84?,91?,92?,93-,94-,95-,96-,97-/m1/s1. The monoisotopic (exact) mass is 1730 g/mol. The SMILES string of the molecule is CCCCCCCCCCCCCC(=O)O[C@H](CCCCCCCCCCC)CC(=O)NC1C(C)OC(CO[C@@H]2OC(CO)[C@@H](OP(=O)(O)O)[C@H](OC(=O)C[C@@H](CCCCCCCCCCC)OC(=O)CCCCCCCCCCCCC)C2NC(=O)C[C@@H](CCCCCCCCCCC)OC(=O)CCCCCCCCCCCCC)[C@@H](O)[C@@H]1O. The van der Waals surface area contributed by atoms with Crippen molar-refractivity contribution in [2.24, 2.45) is 0 Å². The van der Waals surface area contributed by atoms with Gasteiger partial charge in [-0.15, -0.1) is 0 Å². The van der Waals surface area contributed by atoms with Gasteiger partial charge in [-0.25, -0.2) is 4.57 Å². The molecule has 0 spiro atoms. The summed E-state index contributed by atoms with van der Waals surface area (Å²) >= 11 is 0. The van der Waals surface area contributed by atoms with Gasteiger partial charge in [-0.1, -0.05) is 388 Å². The normalized spacial score (nSPS) is 20.2. The summed E-state index contributed by atoms with van der Waals surface area (Å²) in [6.07, 6.45) is 50.0. The molecule has 0 bridgehead atoms. The van der Waals surface area contributed by atoms with E-state index in [1.165, 1.54) is 173 Å². The molecule has 2 aliphatic rings. The van der Waals surface area contributed by atoms with Crippen LogP contribution in [-0.4, -0.2) is 153 Å². The Morgan fingerprint density at radius 2 is 0.617 bits per heavy atom. The average Bonchev–Trinajstić information content (AvgIpc) is 0.750. The molecule has 5 unspecified atom stereocenters. The van der Waals surface area contributed by atoms with Gasteiger partial charge in [-0.3, -0.25) is 33.3 Å². The molecule has 0 aromatic rings. The summed E-state index contributed by atoms with van der Waals surface area (Å²) < 4.78 is 62.3. The van der Waals surface area contributed by atoms with Crippen LogP contribution in [-0.2, 0) is 71.0 Å². The van der Waals surface area contributed by atoms with Crippen molar-refractivity contribution in [3.63, 3.8) is 0 Å². The maximum atomic E-state index is 15.0. The second-order valence-corrected chi connectivity index (χ2v) is 37.0. The lowest BCUT2D eigenvalue weighted by molar-refractivity contribution is -0.285. The highest BCUT2D eigenvalue weighted by Gasteiger charge is 2.53. The zero-order valence-electron chi connectivity index (χ0n) is 77.5. The molecule has 0 aliphatic carbocycles. The smallest absolute Gasteiger partial charge is 0.462 e. The Kier molecular flexibility index (Phi) is 72.2. The third-order valence-corrected chi connectivity index (χ3v) is 24.9. The largest absolute Gasteiger partial charge is 0.470 e. The fourth-order valence-electron chi connectivity index (χ4n) is 16.9. The summed E-state index contributed by atoms with van der Waals surface area (Å²) in [5.74, 6) is -3.52. The number of carbonyl (C=O) groups excluding carboxylic acids is 6. The fraction of sp³-hybridized carbons (Fsp3) is 0.938. The summed E-state index contributed by atoms with van der Waals surface area (Å²) in [7, 11) is -5.56. The van der Waals surface area contributed by atoms with Crippen molar-refractivity contribution in [3.8, 4) is 0 Å². The minimum Gasteiger partial charge on any atom is -0.462 e. The molecular weight excluding hydrogens is 1540 g/mol. The van der Waals surface area contributed by atoms with Gasteiger partial charge in [0, 0.05) is 19.3 Å². The molecule has 2 fully saturated rings. The van der Waals surface area contributed by atoms with Gasteiger partial charge in [0.05, 0.1) is 44.6 Å². The Balaban J connectivity index is 2.58. The lowest BCUT2D eigenvalue weighted by atomic mass is 9.93. The number of esters is 4. The summed E-state index contributed by atoms with van der Waals surface area (Å²) in [5, 5.41) is 40.8. The summed E-state index contributed by atoms with van der Waals surface area (Å²) in [5.41, 5.74) is 0. The van der Waals surface area contributed by atoms with Crippen molar-refractivity contribution < 1.29 is 96.1 Å². The number of rotatable bonds is 84. The number of aliphatic hydroxyl groups is 3. The lowest BCUT2D eigenvalue weighted by Crippen LogP contribution is -2.67. The molecule has 22 nitrogen and oxygen atoms in total. The number of carbonyl (C=O) groups is 6. The molecule has 0 aromatic heterocycles. The highest BCUT2D eigenvalue weighted by Crippen LogP contribution is 2.43. The van der Waals surface area contributed by atoms with Gasteiger partial charge >= 0.3 is 31.7 Å². The number of nitrogens with one attached hydrogen (secondary N) is 2. The number of phosphoric acid groups is 1. The first-order valence-electron chi connectivity index (χ1n) is 50.2. The van der Waals surface area contributed by atoms with Crippen molar-refractivity contribution in [1.29, 1.82) is 0 Å². The van der Waals surface area contributed by atoms with Gasteiger partial charge in [0.25, 0.3) is 0 Å². The van der Waals surface area contributed by atoms with E-state index in [0.29, 0.717) is 51.4 Å². The number of phosphoric ester groups is 1. The molecule has 0 saturated carbocycles. The molecule has 0 radical (unpaired) electrons. The van der Waals surface area contributed by atoms with Crippen LogP contribution in [0.15, 0.2) is 0 Å². The number of aliphatic hydroxyl groups excluding tert-OH is 3. The number of ether oxygens (including phenoxy) is 7. The summed E-state index contributed by atoms with van der Waals surface area (Å²) in [6.45, 7) is 13.3. The van der Waals surface area contributed by atoms with Crippen molar-refractivity contribution in [2.75, 3.05) is 13.2 Å². The van der Waals surface area contributed by atoms with E-state index < -0.39 is 143 Å². The second-order valence-electron chi connectivity index (χ2n) is 35.8. The van der Waals surface area contributed by atoms with Gasteiger partial charge in [0.2, 0.25) is 11.8 Å². The number of amides is 2. The van der Waals surface area contributed by atoms with Crippen LogP contribution in [0.3, 0.4) is 0 Å². The van der Waals surface area contributed by atoms with Crippen LogP contribution < -0.4 is 10.6 Å². The van der Waals surface area contributed by atoms with Gasteiger partial charge in [0.15, 0.2) is 12.4 Å². The van der Waals surface area contributed by atoms with Gasteiger partial charge in [0.1, 0.15) is 54.9 Å². The molecule has 2 saturated heterocycles. The van der Waals surface area contributed by atoms with Gasteiger partial charge in [-0.2, -0.15) is 0 Å². The summed E-state index contributed by atoms with van der Waals surface area (Å²) in [4.78, 5) is 106. The highest BCUT2D eigenvalue weighted by atomic mass is 31.2. The molecule has 7 N–H and O–H groups in total. The first-order chi connectivity index (χ1) is 58.2. The number of unbranched alkanes of at least 4 members (excludes halogenated alkanes) is 54. The van der Waals surface area contributed by atoms with Gasteiger partial charge < -0.3 is 68.9 Å². The Morgan fingerprint density at radius 1 is 0.342 bits per heavy atom. The zero-order valence-corrected chi connectivity index (χ0v) is 78.4. The quantitative estimate of drug-likeness (QED) is 0.0129. The third-order valence-electron chi connectivity index (χ3n) is 24.4. The number of hydrogen-bond donors (Lipinski definition) is 7. The van der Waals surface area contributed by atoms with Crippen LogP contribution in [0.4, 0.5) is 0 Å². The molecule has 2 amide bonds. The van der Waals surface area contributed by atoms with Crippen molar-refractivity contribution >= 4 is 43.5 Å². The third kappa shape index (κ3) is 60.4. The van der Waals surface area contributed by atoms with Crippen LogP contribution in [0.25, 0.3) is 0 Å². The number of hydrogen-bond acceptors (Lipinski definition) is 18. The molecule has 23 heteroatoms. The van der Waals surface area contributed by atoms with Crippen LogP contribution >= 0.6 is 7.82 Å². The molecule has 13 atom stereocenters. The van der Waals surface area contributed by atoms with Crippen molar-refractivity contribution in [3.05, 3.63) is 0 Å². The Hall–Kier alpha value is -3.31. The average molecular weight is 1730 g/mol. The predicted molar refractivity (Wildman–Crippen MR) is 481 cm³/mol. The maximum Gasteiger partial charge on any atom is 0.470 e. The van der Waals surface area contributed by atoms with Crippen molar-refractivity contribution in [1.82, 2.24) is 10.6 Å². The minimum absolute atomic E-state index is 0.140. The van der Waals surface area contributed by atoms with Crippen LogP contribution in [0.5, 0.6) is 0 Å². The molecule has 2 aliphatic heterocycles. The Bertz CT molecular complexity index is 2510. The molecule has 706 valence electrons. The van der Waals surface area contributed by atoms with Crippen LogP contribution in [0.2, 0.25) is 0 Å². The molecule has 2 heterocycles. The van der Waals surface area contributed by atoms with E-state index >= 15 is 4.79 Å². The van der Waals surface area contributed by atoms with E-state index in [0.717, 1.165) is 180 Å². The fourth-order valence-corrected chi connectivity index (χ4v) is 17.5. The summed E-state index contributed by atoms with van der Waals surface area (Å²) in [6, 6.07) is -2.87. The predicted octanol–water partition coefficient (Wildman–Crippen LogP) is 23.4. The van der Waals surface area contributed by atoms with Crippen molar-refractivity contribution in [2.45, 2.75) is 571 Å². The van der Waals surface area contributed by atoms with E-state index in [2.05, 4.69) is 52.2 Å². The second kappa shape index (κ2) is 76.9. The Labute approximate surface area is 730 Å². The molecular formula is C97H183N2O20P. The van der Waals surface area contributed by atoms with Gasteiger partial charge in [-0.05, 0) is 64.7 Å². The minimum atomic E-state index is -5.56. The maximum absolute atomic E-state index is 15.0. The molecule has 120 heavy (non-hydrogen) atoms. The lowest BCUT2D eigenvalue weighted by Gasteiger charge is -2.46. The van der Waals surface area contributed by atoms with E-state index in [1.807, 2.05) is 0 Å². The van der Waals surface area contributed by atoms with E-state index in [-0.39, 0.29) is 31.7 Å². The molecule has 2 rings (SSSR count). The first-order valence-corrected chi connectivity index (χ1v) is 51.8. The molecule has 0 aromatic carbocycles. The van der Waals surface area contributed by atoms with Crippen LogP contribution in [0, 0.1) is 0 Å². The van der Waals surface area contributed by atoms with E-state index in [9.17, 15) is 53.6 Å².